The number of nitrogens with zero attached hydrogens (tertiary/aromatic N) is 1. The van der Waals surface area contributed by atoms with Crippen molar-refractivity contribution in [3.8, 4) is 0 Å². The van der Waals surface area contributed by atoms with Crippen LogP contribution in [0, 0.1) is 0 Å². The van der Waals surface area contributed by atoms with Crippen LogP contribution in [0.15, 0.2) is 53.7 Å². The smallest absolute Gasteiger partial charge is 0.251 e. The van der Waals surface area contributed by atoms with Gasteiger partial charge in [-0.1, -0.05) is 18.2 Å². The molecule has 1 aliphatic rings. The zero-order valence-corrected chi connectivity index (χ0v) is 12.8. The average Bonchev–Trinajstić information content (AvgIpc) is 3.10. The second kappa shape index (κ2) is 4.92. The zero-order chi connectivity index (χ0) is 16.0. The summed E-state index contributed by atoms with van der Waals surface area (Å²) in [5.41, 5.74) is 2.64. The minimum atomic E-state index is -3.34. The van der Waals surface area contributed by atoms with Gasteiger partial charge in [0.15, 0.2) is 9.84 Å². The van der Waals surface area contributed by atoms with Crippen molar-refractivity contribution < 1.29 is 13.2 Å². The number of amides is 1. The van der Waals surface area contributed by atoms with Crippen molar-refractivity contribution in [2.45, 2.75) is 10.9 Å². The third kappa shape index (κ3) is 2.29. The summed E-state index contributed by atoms with van der Waals surface area (Å²) in [5.74, 6) is -0.414. The number of aromatic nitrogens is 2. The third-order valence-electron chi connectivity index (χ3n) is 4.00. The first-order valence-electron chi connectivity index (χ1n) is 7.10. The summed E-state index contributed by atoms with van der Waals surface area (Å²) >= 11 is 0. The number of fused-ring (bicyclic) bond motifs is 2. The molecule has 2 heterocycles. The predicted molar refractivity (Wildman–Crippen MR) is 84.8 cm³/mol. The lowest BCUT2D eigenvalue weighted by molar-refractivity contribution is 0.0941. The molecule has 0 spiro atoms. The van der Waals surface area contributed by atoms with Gasteiger partial charge in [-0.2, -0.15) is 0 Å². The van der Waals surface area contributed by atoms with Crippen molar-refractivity contribution in [2.75, 3.05) is 5.75 Å². The highest BCUT2D eigenvalue weighted by Gasteiger charge is 2.35. The van der Waals surface area contributed by atoms with Gasteiger partial charge < -0.3 is 10.3 Å². The van der Waals surface area contributed by atoms with E-state index >= 15 is 0 Å². The largest absolute Gasteiger partial charge is 0.345 e. The molecule has 0 saturated heterocycles. The molecule has 4 rings (SSSR count). The molecule has 0 radical (unpaired) electrons. The van der Waals surface area contributed by atoms with Crippen LogP contribution in [0.4, 0.5) is 0 Å². The van der Waals surface area contributed by atoms with Crippen molar-refractivity contribution in [2.24, 2.45) is 0 Å². The van der Waals surface area contributed by atoms with E-state index in [4.69, 9.17) is 0 Å². The van der Waals surface area contributed by atoms with Crippen molar-refractivity contribution in [1.29, 1.82) is 0 Å². The van der Waals surface area contributed by atoms with Crippen LogP contribution in [0.3, 0.4) is 0 Å². The third-order valence-corrected chi connectivity index (χ3v) is 5.82. The molecule has 6 nitrogen and oxygen atoms in total. The van der Waals surface area contributed by atoms with Crippen LogP contribution in [0.25, 0.3) is 11.0 Å². The highest BCUT2D eigenvalue weighted by atomic mass is 32.2. The Bertz CT molecular complexity index is 1020. The molecule has 3 aromatic rings. The van der Waals surface area contributed by atoms with Crippen LogP contribution < -0.4 is 5.32 Å². The lowest BCUT2D eigenvalue weighted by Gasteiger charge is -2.12. The van der Waals surface area contributed by atoms with E-state index in [1.807, 2.05) is 0 Å². The summed E-state index contributed by atoms with van der Waals surface area (Å²) in [5, 5.41) is 2.81. The van der Waals surface area contributed by atoms with Crippen molar-refractivity contribution in [3.05, 3.63) is 59.9 Å². The number of imidazole rings is 1. The standard InChI is InChI=1S/C16H13N3O3S/c20-16(10-5-6-12-13(7-10)18-9-17-12)19-14-8-23(21,22)15-4-2-1-3-11(14)15/h1-7,9,14H,8H2,(H,17,18)(H,19,20)/t14-/m0/s1. The minimum absolute atomic E-state index is 0.107. The normalized spacial score (nSPS) is 18.7. The highest BCUT2D eigenvalue weighted by molar-refractivity contribution is 7.91. The topological polar surface area (TPSA) is 91.9 Å². The molecular formula is C16H13N3O3S. The first-order valence-corrected chi connectivity index (χ1v) is 8.75. The Balaban J connectivity index is 1.64. The van der Waals surface area contributed by atoms with Crippen molar-refractivity contribution in [3.63, 3.8) is 0 Å². The van der Waals surface area contributed by atoms with E-state index in [0.29, 0.717) is 16.0 Å². The summed E-state index contributed by atoms with van der Waals surface area (Å²) in [6, 6.07) is 11.4. The molecule has 0 unspecified atom stereocenters. The number of aromatic amines is 1. The van der Waals surface area contributed by atoms with Crippen LogP contribution in [-0.4, -0.2) is 30.0 Å². The Morgan fingerprint density at radius 2 is 2.04 bits per heavy atom. The van der Waals surface area contributed by atoms with Gasteiger partial charge in [-0.25, -0.2) is 13.4 Å². The number of benzene rings is 2. The molecule has 1 aliphatic heterocycles. The lowest BCUT2D eigenvalue weighted by Crippen LogP contribution is -2.29. The average molecular weight is 327 g/mol. The van der Waals surface area contributed by atoms with Crippen LogP contribution in [-0.2, 0) is 9.84 Å². The maximum Gasteiger partial charge on any atom is 0.251 e. The molecule has 7 heteroatoms. The van der Waals surface area contributed by atoms with Gasteiger partial charge in [0.1, 0.15) is 0 Å². The number of hydrogen-bond donors (Lipinski definition) is 2. The van der Waals surface area contributed by atoms with Gasteiger partial charge in [0.05, 0.1) is 34.1 Å². The lowest BCUT2D eigenvalue weighted by atomic mass is 10.1. The quantitative estimate of drug-likeness (QED) is 0.751. The van der Waals surface area contributed by atoms with Crippen LogP contribution in [0.5, 0.6) is 0 Å². The van der Waals surface area contributed by atoms with E-state index in [9.17, 15) is 13.2 Å². The molecule has 1 aromatic heterocycles. The molecule has 0 bridgehead atoms. The Labute approximate surface area is 132 Å². The summed E-state index contributed by atoms with van der Waals surface area (Å²) in [4.78, 5) is 19.8. The second-order valence-corrected chi connectivity index (χ2v) is 7.48. The zero-order valence-electron chi connectivity index (χ0n) is 12.0. The van der Waals surface area contributed by atoms with Crippen molar-refractivity contribution >= 4 is 26.8 Å². The monoisotopic (exact) mass is 327 g/mol. The Kier molecular flexibility index (Phi) is 2.99. The molecule has 23 heavy (non-hydrogen) atoms. The molecule has 116 valence electrons. The Morgan fingerprint density at radius 3 is 2.91 bits per heavy atom. The number of sulfone groups is 1. The maximum absolute atomic E-state index is 12.4. The van der Waals surface area contributed by atoms with Crippen molar-refractivity contribution in [1.82, 2.24) is 15.3 Å². The molecule has 1 atom stereocenters. The maximum atomic E-state index is 12.4. The van der Waals surface area contributed by atoms with Gasteiger partial charge in [0, 0.05) is 5.56 Å². The minimum Gasteiger partial charge on any atom is -0.345 e. The number of nitrogens with one attached hydrogen (secondary N) is 2. The van der Waals surface area contributed by atoms with E-state index in [1.54, 1.807) is 48.8 Å². The number of hydrogen-bond acceptors (Lipinski definition) is 4. The van der Waals surface area contributed by atoms with Crippen LogP contribution >= 0.6 is 0 Å². The van der Waals surface area contributed by atoms with E-state index in [-0.39, 0.29) is 11.7 Å². The number of carbonyl (C=O) groups excluding carboxylic acids is 1. The fourth-order valence-electron chi connectivity index (χ4n) is 2.89. The molecule has 0 aliphatic carbocycles. The fraction of sp³-hybridized carbons (Fsp3) is 0.125. The van der Waals surface area contributed by atoms with Gasteiger partial charge in [0.2, 0.25) is 0 Å². The molecular weight excluding hydrogens is 314 g/mol. The highest BCUT2D eigenvalue weighted by Crippen LogP contribution is 2.33. The van der Waals surface area contributed by atoms with Gasteiger partial charge in [0.25, 0.3) is 5.91 Å². The van der Waals surface area contributed by atoms with Crippen LogP contribution in [0.2, 0.25) is 0 Å². The molecule has 2 N–H and O–H groups in total. The van der Waals surface area contributed by atoms with E-state index in [1.165, 1.54) is 0 Å². The van der Waals surface area contributed by atoms with E-state index in [0.717, 1.165) is 11.0 Å². The van der Waals surface area contributed by atoms with Gasteiger partial charge >= 0.3 is 0 Å². The molecule has 0 fully saturated rings. The van der Waals surface area contributed by atoms with E-state index in [2.05, 4.69) is 15.3 Å². The van der Waals surface area contributed by atoms with E-state index < -0.39 is 15.9 Å². The Hall–Kier alpha value is -2.67. The van der Waals surface area contributed by atoms with Gasteiger partial charge in [-0.3, -0.25) is 4.79 Å². The summed E-state index contributed by atoms with van der Waals surface area (Å²) < 4.78 is 24.3. The SMILES string of the molecule is O=C(N[C@H]1CS(=O)(=O)c2ccccc21)c1ccc2nc[nH]c2c1. The van der Waals surface area contributed by atoms with Gasteiger partial charge in [-0.05, 0) is 29.8 Å². The summed E-state index contributed by atoms with van der Waals surface area (Å²) in [6.45, 7) is 0. The number of rotatable bonds is 2. The predicted octanol–water partition coefficient (Wildman–Crippen LogP) is 1.82. The van der Waals surface area contributed by atoms with Gasteiger partial charge in [-0.15, -0.1) is 0 Å². The first kappa shape index (κ1) is 14.0. The summed E-state index contributed by atoms with van der Waals surface area (Å²) in [6.07, 6.45) is 1.56. The number of carbonyl (C=O) groups is 1. The second-order valence-electron chi connectivity index (χ2n) is 5.48. The summed E-state index contributed by atoms with van der Waals surface area (Å²) in [7, 11) is -3.34. The fourth-order valence-corrected chi connectivity index (χ4v) is 4.63. The molecule has 0 saturated carbocycles. The first-order chi connectivity index (χ1) is 11.0. The molecule has 2 aromatic carbocycles. The molecule has 1 amide bonds. The Morgan fingerprint density at radius 1 is 1.22 bits per heavy atom. The number of H-pyrrole nitrogens is 1. The van der Waals surface area contributed by atoms with Crippen LogP contribution in [0.1, 0.15) is 22.0 Å².